The fourth-order valence-corrected chi connectivity index (χ4v) is 4.46. The average Bonchev–Trinajstić information content (AvgIpc) is 2.91. The first kappa shape index (κ1) is 33.9. The average molecular weight is 541 g/mol. The highest BCUT2D eigenvalue weighted by Gasteiger charge is 2.07. The Morgan fingerprint density at radius 3 is 0.605 bits per heavy atom. The van der Waals surface area contributed by atoms with Gasteiger partial charge in [-0.05, 0) is 25.7 Å². The zero-order valence-electron chi connectivity index (χ0n) is 23.7. The molecule has 2 rings (SSSR count). The van der Waals surface area contributed by atoms with Crippen LogP contribution in [0.5, 0.6) is 0 Å². The predicted molar refractivity (Wildman–Crippen MR) is 145 cm³/mol. The first-order valence-electron chi connectivity index (χ1n) is 15.2. The van der Waals surface area contributed by atoms with E-state index >= 15 is 0 Å². The van der Waals surface area contributed by atoms with Crippen molar-refractivity contribution in [3.05, 3.63) is 0 Å². The smallest absolute Gasteiger partial charge is 0.305 e. The molecule has 0 amide bonds. The van der Waals surface area contributed by atoms with Gasteiger partial charge in [-0.1, -0.05) is 89.9 Å². The number of ether oxygens (including phenoxy) is 4. The van der Waals surface area contributed by atoms with Crippen molar-refractivity contribution in [1.82, 2.24) is 0 Å². The first-order valence-corrected chi connectivity index (χ1v) is 15.2. The van der Waals surface area contributed by atoms with Crippen molar-refractivity contribution in [2.24, 2.45) is 0 Å². The van der Waals surface area contributed by atoms with E-state index in [4.69, 9.17) is 18.9 Å². The topological polar surface area (TPSA) is 105 Å². The van der Waals surface area contributed by atoms with Crippen molar-refractivity contribution in [3.8, 4) is 0 Å². The van der Waals surface area contributed by atoms with E-state index in [0.717, 1.165) is 51.4 Å². The molecule has 38 heavy (non-hydrogen) atoms. The lowest BCUT2D eigenvalue weighted by molar-refractivity contribution is -0.152. The molecule has 220 valence electrons. The van der Waals surface area contributed by atoms with Crippen molar-refractivity contribution < 1.29 is 38.1 Å². The van der Waals surface area contributed by atoms with Gasteiger partial charge in [0, 0.05) is 25.7 Å². The monoisotopic (exact) mass is 540 g/mol. The predicted octanol–water partition coefficient (Wildman–Crippen LogP) is 6.76. The molecular weight excluding hydrogens is 488 g/mol. The second-order valence-corrected chi connectivity index (χ2v) is 10.2. The number of carbonyl (C=O) groups is 4. The van der Waals surface area contributed by atoms with Crippen LogP contribution in [0.3, 0.4) is 0 Å². The summed E-state index contributed by atoms with van der Waals surface area (Å²) in [6.45, 7) is 0.740. The molecule has 2 saturated heterocycles. The van der Waals surface area contributed by atoms with E-state index in [2.05, 4.69) is 0 Å². The summed E-state index contributed by atoms with van der Waals surface area (Å²) in [5, 5.41) is 0. The van der Waals surface area contributed by atoms with Gasteiger partial charge in [-0.2, -0.15) is 0 Å². The van der Waals surface area contributed by atoms with Gasteiger partial charge in [0.05, 0.1) is 0 Å². The van der Waals surface area contributed by atoms with Crippen LogP contribution >= 0.6 is 0 Å². The van der Waals surface area contributed by atoms with Crippen LogP contribution in [0.2, 0.25) is 0 Å². The SMILES string of the molecule is O=C1CCCCCCCCCCCC(=O)OCCO1.O=C1CCCCCCCCCCCC(=O)OCCO1. The molecule has 2 fully saturated rings. The van der Waals surface area contributed by atoms with E-state index in [-0.39, 0.29) is 50.3 Å². The van der Waals surface area contributed by atoms with Crippen molar-refractivity contribution in [2.75, 3.05) is 26.4 Å². The number of rotatable bonds is 0. The van der Waals surface area contributed by atoms with Crippen LogP contribution in [-0.4, -0.2) is 50.3 Å². The maximum Gasteiger partial charge on any atom is 0.305 e. The Hall–Kier alpha value is -2.12. The molecular formula is C30H52O8. The highest BCUT2D eigenvalue weighted by molar-refractivity contribution is 5.70. The summed E-state index contributed by atoms with van der Waals surface area (Å²) in [7, 11) is 0. The zero-order valence-corrected chi connectivity index (χ0v) is 23.7. The largest absolute Gasteiger partial charge is 0.462 e. The van der Waals surface area contributed by atoms with E-state index in [1.807, 2.05) is 0 Å². The van der Waals surface area contributed by atoms with Crippen LogP contribution in [0.15, 0.2) is 0 Å². The second-order valence-electron chi connectivity index (χ2n) is 10.2. The van der Waals surface area contributed by atoms with Crippen LogP contribution < -0.4 is 0 Å². The van der Waals surface area contributed by atoms with Gasteiger partial charge >= 0.3 is 23.9 Å². The van der Waals surface area contributed by atoms with Crippen molar-refractivity contribution in [1.29, 1.82) is 0 Å². The quantitative estimate of drug-likeness (QED) is 0.245. The van der Waals surface area contributed by atoms with Crippen LogP contribution in [0, 0.1) is 0 Å². The fourth-order valence-electron chi connectivity index (χ4n) is 4.46. The second kappa shape index (κ2) is 25.2. The van der Waals surface area contributed by atoms with Crippen LogP contribution in [-0.2, 0) is 38.1 Å². The molecule has 0 aromatic carbocycles. The molecule has 0 spiro atoms. The summed E-state index contributed by atoms with van der Waals surface area (Å²) in [5.74, 6) is -0.721. The van der Waals surface area contributed by atoms with Crippen molar-refractivity contribution in [2.45, 2.75) is 141 Å². The van der Waals surface area contributed by atoms with E-state index in [0.29, 0.717) is 25.7 Å². The van der Waals surface area contributed by atoms with Gasteiger partial charge in [0.25, 0.3) is 0 Å². The maximum absolute atomic E-state index is 11.3. The molecule has 0 saturated carbocycles. The molecule has 8 nitrogen and oxygen atoms in total. The van der Waals surface area contributed by atoms with Crippen molar-refractivity contribution in [3.63, 3.8) is 0 Å². The first-order chi connectivity index (χ1) is 18.6. The highest BCUT2D eigenvalue weighted by atomic mass is 16.6. The third-order valence-electron chi connectivity index (χ3n) is 6.74. The normalized spacial score (nSPS) is 22.1. The molecule has 2 heterocycles. The van der Waals surface area contributed by atoms with Gasteiger partial charge in [0.15, 0.2) is 0 Å². The number of hydrogen-bond donors (Lipinski definition) is 0. The zero-order chi connectivity index (χ0) is 27.5. The third kappa shape index (κ3) is 23.0. The van der Waals surface area contributed by atoms with Gasteiger partial charge in [0.1, 0.15) is 26.4 Å². The molecule has 8 heteroatoms. The molecule has 0 radical (unpaired) electrons. The Bertz CT molecular complexity index is 528. The van der Waals surface area contributed by atoms with E-state index in [1.54, 1.807) is 0 Å². The van der Waals surface area contributed by atoms with Gasteiger partial charge in [-0.15, -0.1) is 0 Å². The summed E-state index contributed by atoms with van der Waals surface area (Å²) in [6.07, 6.45) is 22.3. The molecule has 0 aromatic rings. The molecule has 0 aromatic heterocycles. The molecule has 0 unspecified atom stereocenters. The van der Waals surface area contributed by atoms with Crippen LogP contribution in [0.25, 0.3) is 0 Å². The Balaban J connectivity index is 0.000000380. The maximum atomic E-state index is 11.3. The number of cyclic esters (lactones) is 4. The molecule has 0 N–H and O–H groups in total. The standard InChI is InChI=1S/2C15H26O4/c2*16-14-10-8-6-4-2-1-3-5-7-9-11-15(17)19-13-12-18-14/h2*1-13H2. The van der Waals surface area contributed by atoms with Gasteiger partial charge < -0.3 is 18.9 Å². The van der Waals surface area contributed by atoms with E-state index in [1.165, 1.54) is 64.2 Å². The molecule has 2 aliphatic rings. The minimum Gasteiger partial charge on any atom is -0.462 e. The van der Waals surface area contributed by atoms with Crippen molar-refractivity contribution >= 4 is 23.9 Å². The Morgan fingerprint density at radius 1 is 0.263 bits per heavy atom. The summed E-state index contributed by atoms with van der Waals surface area (Å²) < 4.78 is 20.0. The van der Waals surface area contributed by atoms with Crippen LogP contribution in [0.4, 0.5) is 0 Å². The Labute approximate surface area is 229 Å². The summed E-state index contributed by atoms with van der Waals surface area (Å²) in [5.41, 5.74) is 0. The third-order valence-corrected chi connectivity index (χ3v) is 6.74. The highest BCUT2D eigenvalue weighted by Crippen LogP contribution is 2.13. The molecule has 0 atom stereocenters. The summed E-state index contributed by atoms with van der Waals surface area (Å²) in [4.78, 5) is 45.4. The van der Waals surface area contributed by atoms with Gasteiger partial charge in [0.2, 0.25) is 0 Å². The van der Waals surface area contributed by atoms with Gasteiger partial charge in [-0.25, -0.2) is 0 Å². The molecule has 2 aliphatic heterocycles. The number of hydrogen-bond acceptors (Lipinski definition) is 8. The number of carbonyl (C=O) groups excluding carboxylic acids is 4. The lowest BCUT2D eigenvalue weighted by Gasteiger charge is -2.06. The Kier molecular flexibility index (Phi) is 22.5. The van der Waals surface area contributed by atoms with Crippen LogP contribution in [0.1, 0.15) is 141 Å². The number of esters is 4. The minimum absolute atomic E-state index is 0.180. The van der Waals surface area contributed by atoms with E-state index in [9.17, 15) is 19.2 Å². The lowest BCUT2D eigenvalue weighted by atomic mass is 10.1. The fraction of sp³-hybridized carbons (Fsp3) is 0.867. The lowest BCUT2D eigenvalue weighted by Crippen LogP contribution is -2.13. The van der Waals surface area contributed by atoms with Gasteiger partial charge in [-0.3, -0.25) is 19.2 Å². The molecule has 0 aliphatic carbocycles. The van der Waals surface area contributed by atoms with E-state index < -0.39 is 0 Å². The summed E-state index contributed by atoms with van der Waals surface area (Å²) in [6, 6.07) is 0. The Morgan fingerprint density at radius 2 is 0.421 bits per heavy atom. The molecule has 0 bridgehead atoms. The summed E-state index contributed by atoms with van der Waals surface area (Å²) >= 11 is 0. The minimum atomic E-state index is -0.180.